The van der Waals surface area contributed by atoms with Crippen LogP contribution in [0, 0.1) is 0 Å². The first kappa shape index (κ1) is 22.6. The molecule has 2 atom stereocenters. The van der Waals surface area contributed by atoms with E-state index in [0.717, 1.165) is 5.56 Å². The Kier molecular flexibility index (Phi) is 6.42. The highest BCUT2D eigenvalue weighted by molar-refractivity contribution is 7.92. The van der Waals surface area contributed by atoms with Crippen LogP contribution in [0.3, 0.4) is 0 Å². The number of hydrogen-bond acceptors (Lipinski definition) is 4. The number of nitrogens with zero attached hydrogens (tertiary/aromatic N) is 1. The Morgan fingerprint density at radius 2 is 1.82 bits per heavy atom. The lowest BCUT2D eigenvalue weighted by Gasteiger charge is -2.53. The summed E-state index contributed by atoms with van der Waals surface area (Å²) in [4.78, 5) is 24.1. The van der Waals surface area contributed by atoms with E-state index in [4.69, 9.17) is 0 Å². The van der Waals surface area contributed by atoms with Gasteiger partial charge in [0.25, 0.3) is 0 Å². The molecule has 2 rings (SSSR count). The fraction of sp³-hybridized carbons (Fsp3) is 0.579. The van der Waals surface area contributed by atoms with E-state index < -0.39 is 42.2 Å². The quantitative estimate of drug-likeness (QED) is 0.651. The Morgan fingerprint density at radius 1 is 1.25 bits per heavy atom. The minimum Gasteiger partial charge on any atom is -0.480 e. The van der Waals surface area contributed by atoms with Crippen LogP contribution in [-0.4, -0.2) is 55.4 Å². The Morgan fingerprint density at radius 3 is 2.29 bits per heavy atom. The summed E-state index contributed by atoms with van der Waals surface area (Å²) in [6.45, 7) is 10.0. The van der Waals surface area contributed by atoms with Gasteiger partial charge in [-0.25, -0.2) is 17.2 Å². The van der Waals surface area contributed by atoms with Gasteiger partial charge in [0.05, 0.1) is 5.75 Å². The summed E-state index contributed by atoms with van der Waals surface area (Å²) in [5, 5.41) is 11.8. The molecule has 156 valence electrons. The van der Waals surface area contributed by atoms with Gasteiger partial charge >= 0.3 is 5.97 Å². The van der Waals surface area contributed by atoms with Crippen molar-refractivity contribution in [2.75, 3.05) is 5.75 Å². The van der Waals surface area contributed by atoms with Crippen LogP contribution in [0.25, 0.3) is 0 Å². The average molecular weight is 427 g/mol. The van der Waals surface area contributed by atoms with Gasteiger partial charge in [0.2, 0.25) is 15.9 Å². The molecule has 0 saturated carbocycles. The van der Waals surface area contributed by atoms with E-state index in [1.807, 2.05) is 52.1 Å². The first-order valence-corrected chi connectivity index (χ1v) is 13.9. The molecule has 0 radical (unpaired) electrons. The van der Waals surface area contributed by atoms with Crippen LogP contribution in [0.15, 0.2) is 30.3 Å². The number of aliphatic carboxylic acids is 1. The molecule has 1 aliphatic heterocycles. The zero-order chi connectivity index (χ0) is 21.3. The maximum atomic E-state index is 12.5. The van der Waals surface area contributed by atoms with Crippen LogP contribution in [0.1, 0.15) is 32.8 Å². The van der Waals surface area contributed by atoms with Crippen LogP contribution >= 0.6 is 0 Å². The molecule has 28 heavy (non-hydrogen) atoms. The van der Waals surface area contributed by atoms with Gasteiger partial charge in [-0.3, -0.25) is 4.79 Å². The maximum Gasteiger partial charge on any atom is 0.326 e. The Bertz CT molecular complexity index is 834. The molecule has 1 amide bonds. The van der Waals surface area contributed by atoms with Gasteiger partial charge in [0.1, 0.15) is 14.3 Å². The van der Waals surface area contributed by atoms with E-state index >= 15 is 0 Å². The number of nitrogens with one attached hydrogen (secondary N) is 1. The summed E-state index contributed by atoms with van der Waals surface area (Å²) in [6.07, 6.45) is 0.154. The van der Waals surface area contributed by atoms with Gasteiger partial charge in [0.15, 0.2) is 0 Å². The topological polar surface area (TPSA) is 104 Å². The minimum absolute atomic E-state index is 0.0235. The van der Waals surface area contributed by atoms with E-state index in [-0.39, 0.29) is 23.6 Å². The number of carbonyl (C=O) groups is 2. The monoisotopic (exact) mass is 426 g/mol. The number of sulfonamides is 1. The fourth-order valence-corrected chi connectivity index (χ4v) is 10.3. The van der Waals surface area contributed by atoms with E-state index in [9.17, 15) is 23.1 Å². The molecule has 1 aromatic carbocycles. The fourth-order valence-electron chi connectivity index (χ4n) is 3.33. The standard InChI is InChI=1S/C19H30N2O5SSi/c1-19(2,3)28(4,5)21-15(13-27(21,25)26)12-17(22)20-16(18(23)24)11-14-9-7-6-8-10-14/h6-10,15-16H,11-13H2,1-5H3,(H,20,22)(H,23,24)/t15?,16-/m0/s1. The van der Waals surface area contributed by atoms with Gasteiger partial charge in [-0.1, -0.05) is 64.2 Å². The Balaban J connectivity index is 2.07. The molecular formula is C19H30N2O5SSi. The molecule has 1 aromatic rings. The summed E-state index contributed by atoms with van der Waals surface area (Å²) in [5.41, 5.74) is 0.810. The molecular weight excluding hydrogens is 396 g/mol. The van der Waals surface area contributed by atoms with Crippen LogP contribution in [-0.2, 0) is 26.0 Å². The van der Waals surface area contributed by atoms with Crippen molar-refractivity contribution >= 4 is 30.1 Å². The molecule has 1 heterocycles. The normalized spacial score (nSPS) is 20.8. The third-order valence-electron chi connectivity index (χ3n) is 5.76. The molecule has 0 bridgehead atoms. The smallest absolute Gasteiger partial charge is 0.326 e. The van der Waals surface area contributed by atoms with Gasteiger partial charge in [-0.2, -0.15) is 0 Å². The van der Waals surface area contributed by atoms with Crippen molar-refractivity contribution in [2.24, 2.45) is 0 Å². The number of hydrogen-bond donors (Lipinski definition) is 2. The number of carboxylic acids is 1. The zero-order valence-electron chi connectivity index (χ0n) is 17.1. The molecule has 9 heteroatoms. The van der Waals surface area contributed by atoms with Crippen LogP contribution in [0.2, 0.25) is 18.1 Å². The van der Waals surface area contributed by atoms with Crippen molar-refractivity contribution in [1.82, 2.24) is 9.29 Å². The lowest BCUT2D eigenvalue weighted by atomic mass is 10.1. The molecule has 0 aromatic heterocycles. The predicted octanol–water partition coefficient (Wildman–Crippen LogP) is 2.21. The third-order valence-corrected chi connectivity index (χ3v) is 14.8. The van der Waals surface area contributed by atoms with E-state index in [0.29, 0.717) is 0 Å². The zero-order valence-corrected chi connectivity index (χ0v) is 18.9. The van der Waals surface area contributed by atoms with Crippen LogP contribution < -0.4 is 5.32 Å². The summed E-state index contributed by atoms with van der Waals surface area (Å²) in [6, 6.07) is 7.62. The van der Waals surface area contributed by atoms with Crippen molar-refractivity contribution in [2.45, 2.75) is 63.8 Å². The molecule has 1 fully saturated rings. The van der Waals surface area contributed by atoms with E-state index in [1.54, 1.807) is 16.1 Å². The van der Waals surface area contributed by atoms with Crippen molar-refractivity contribution in [1.29, 1.82) is 0 Å². The molecule has 1 unspecified atom stereocenters. The van der Waals surface area contributed by atoms with E-state index in [2.05, 4.69) is 5.32 Å². The summed E-state index contributed by atoms with van der Waals surface area (Å²) >= 11 is 0. The van der Waals surface area contributed by atoms with Crippen molar-refractivity contribution in [3.8, 4) is 0 Å². The Labute approximate surface area is 168 Å². The van der Waals surface area contributed by atoms with Crippen molar-refractivity contribution < 1.29 is 23.1 Å². The molecule has 7 nitrogen and oxygen atoms in total. The molecule has 1 aliphatic rings. The average Bonchev–Trinajstić information content (AvgIpc) is 2.52. The SMILES string of the molecule is CC(C)(C)[Si](C)(C)N1C(CC(=O)N[C@@H](Cc2ccccc2)C(=O)O)CS1(=O)=O. The van der Waals surface area contributed by atoms with Crippen molar-refractivity contribution in [3.05, 3.63) is 35.9 Å². The van der Waals surface area contributed by atoms with Gasteiger partial charge in [0, 0.05) is 18.9 Å². The second-order valence-electron chi connectivity index (χ2n) is 8.89. The number of carboxylic acid groups (broad SMARTS) is 1. The van der Waals surface area contributed by atoms with Gasteiger partial charge < -0.3 is 10.4 Å². The summed E-state index contributed by atoms with van der Waals surface area (Å²) in [7, 11) is -5.71. The molecule has 0 aliphatic carbocycles. The second-order valence-corrected chi connectivity index (χ2v) is 16.2. The minimum atomic E-state index is -3.35. The number of amides is 1. The maximum absolute atomic E-state index is 12.5. The van der Waals surface area contributed by atoms with Gasteiger partial charge in [-0.15, -0.1) is 0 Å². The molecule has 1 saturated heterocycles. The predicted molar refractivity (Wildman–Crippen MR) is 111 cm³/mol. The van der Waals surface area contributed by atoms with Crippen molar-refractivity contribution in [3.63, 3.8) is 0 Å². The number of benzene rings is 1. The Hall–Kier alpha value is -1.71. The highest BCUT2D eigenvalue weighted by Gasteiger charge is 2.56. The first-order valence-electron chi connectivity index (χ1n) is 9.34. The van der Waals surface area contributed by atoms with E-state index in [1.165, 1.54) is 0 Å². The number of carbonyl (C=O) groups excluding carboxylic acids is 1. The van der Waals surface area contributed by atoms with Crippen LogP contribution in [0.4, 0.5) is 0 Å². The second kappa shape index (κ2) is 7.96. The lowest BCUT2D eigenvalue weighted by molar-refractivity contribution is -0.141. The number of rotatable bonds is 7. The largest absolute Gasteiger partial charge is 0.480 e. The summed E-state index contributed by atoms with van der Waals surface area (Å²) in [5.74, 6) is -1.62. The highest BCUT2D eigenvalue weighted by Crippen LogP contribution is 2.44. The molecule has 2 N–H and O–H groups in total. The molecule has 0 spiro atoms. The lowest BCUT2D eigenvalue weighted by Crippen LogP contribution is -2.70. The van der Waals surface area contributed by atoms with Gasteiger partial charge in [-0.05, 0) is 10.6 Å². The summed E-state index contributed by atoms with van der Waals surface area (Å²) < 4.78 is 26.4. The highest BCUT2D eigenvalue weighted by atomic mass is 32.2. The third kappa shape index (κ3) is 4.82. The first-order chi connectivity index (χ1) is 12.8. The van der Waals surface area contributed by atoms with Crippen LogP contribution in [0.5, 0.6) is 0 Å².